The minimum atomic E-state index is -0.337. The molecule has 4 rings (SSSR count). The zero-order valence-electron chi connectivity index (χ0n) is 14.1. The van der Waals surface area contributed by atoms with Crippen molar-refractivity contribution in [3.63, 3.8) is 0 Å². The highest BCUT2D eigenvalue weighted by Gasteiger charge is 2.46. The first-order valence-corrected chi connectivity index (χ1v) is 8.98. The summed E-state index contributed by atoms with van der Waals surface area (Å²) in [5.41, 5.74) is 0.781. The maximum Gasteiger partial charge on any atom is 0.224 e. The summed E-state index contributed by atoms with van der Waals surface area (Å²) in [5.74, 6) is 1.46. The lowest BCUT2D eigenvalue weighted by Gasteiger charge is -2.25. The quantitative estimate of drug-likeness (QED) is 0.909. The molecule has 0 saturated heterocycles. The summed E-state index contributed by atoms with van der Waals surface area (Å²) in [6.07, 6.45) is 3.47. The van der Waals surface area contributed by atoms with Gasteiger partial charge in [-0.15, -0.1) is 10.2 Å². The van der Waals surface area contributed by atoms with Gasteiger partial charge < -0.3 is 9.88 Å². The van der Waals surface area contributed by atoms with Gasteiger partial charge in [0, 0.05) is 29.9 Å². The van der Waals surface area contributed by atoms with Gasteiger partial charge in [0.1, 0.15) is 17.5 Å². The smallest absolute Gasteiger partial charge is 0.224 e. The molecule has 0 spiro atoms. The molecule has 0 radical (unpaired) electrons. The van der Waals surface area contributed by atoms with Crippen molar-refractivity contribution in [2.45, 2.75) is 44.6 Å². The molecule has 2 aliphatic rings. The Morgan fingerprint density at radius 3 is 2.96 bits per heavy atom. The number of hydrogen-bond acceptors (Lipinski definition) is 3. The molecule has 1 aliphatic carbocycles. The Morgan fingerprint density at radius 1 is 1.44 bits per heavy atom. The molecule has 0 bridgehead atoms. The fourth-order valence-electron chi connectivity index (χ4n) is 3.69. The van der Waals surface area contributed by atoms with Crippen LogP contribution in [0.2, 0.25) is 5.02 Å². The first-order valence-electron chi connectivity index (χ1n) is 8.60. The van der Waals surface area contributed by atoms with Crippen molar-refractivity contribution in [2.75, 3.05) is 6.54 Å². The van der Waals surface area contributed by atoms with E-state index in [-0.39, 0.29) is 23.1 Å². The summed E-state index contributed by atoms with van der Waals surface area (Å²) in [4.78, 5) is 12.6. The second-order valence-electron chi connectivity index (χ2n) is 7.13. The molecule has 1 aromatic carbocycles. The van der Waals surface area contributed by atoms with E-state index in [4.69, 9.17) is 11.6 Å². The largest absolute Gasteiger partial charge is 0.355 e. The predicted octanol–water partition coefficient (Wildman–Crippen LogP) is 2.79. The Kier molecular flexibility index (Phi) is 4.02. The molecule has 2 heterocycles. The van der Waals surface area contributed by atoms with Gasteiger partial charge in [0.05, 0.1) is 5.92 Å². The zero-order chi connectivity index (χ0) is 17.6. The summed E-state index contributed by atoms with van der Waals surface area (Å²) >= 11 is 6.21. The Morgan fingerprint density at radius 2 is 2.24 bits per heavy atom. The molecular weight excluding hydrogens is 343 g/mol. The zero-order valence-corrected chi connectivity index (χ0v) is 14.8. The number of amides is 1. The van der Waals surface area contributed by atoms with E-state index in [1.54, 1.807) is 6.07 Å². The van der Waals surface area contributed by atoms with Gasteiger partial charge in [-0.1, -0.05) is 17.7 Å². The van der Waals surface area contributed by atoms with Crippen LogP contribution in [0.1, 0.15) is 36.5 Å². The molecule has 1 N–H and O–H groups in total. The van der Waals surface area contributed by atoms with Gasteiger partial charge in [-0.3, -0.25) is 4.79 Å². The van der Waals surface area contributed by atoms with Gasteiger partial charge in [-0.05, 0) is 43.9 Å². The van der Waals surface area contributed by atoms with Gasteiger partial charge in [-0.2, -0.15) is 0 Å². The van der Waals surface area contributed by atoms with Gasteiger partial charge in [0.25, 0.3) is 0 Å². The predicted molar refractivity (Wildman–Crippen MR) is 91.9 cm³/mol. The topological polar surface area (TPSA) is 59.8 Å². The van der Waals surface area contributed by atoms with Gasteiger partial charge in [-0.25, -0.2) is 4.39 Å². The van der Waals surface area contributed by atoms with Gasteiger partial charge >= 0.3 is 0 Å². The molecule has 5 nitrogen and oxygen atoms in total. The third kappa shape index (κ3) is 3.03. The normalized spacial score (nSPS) is 20.8. The van der Waals surface area contributed by atoms with E-state index < -0.39 is 0 Å². The van der Waals surface area contributed by atoms with E-state index in [0.717, 1.165) is 42.9 Å². The first kappa shape index (κ1) is 16.5. The number of fused-ring (bicyclic) bond motifs is 1. The molecule has 7 heteroatoms. The molecule has 1 aromatic heterocycles. The minimum absolute atomic E-state index is 0.0586. The Hall–Kier alpha value is -1.95. The van der Waals surface area contributed by atoms with Crippen LogP contribution < -0.4 is 5.32 Å². The second-order valence-corrected chi connectivity index (χ2v) is 7.54. The fourth-order valence-corrected chi connectivity index (χ4v) is 4.06. The standard InChI is InChI=1S/C18H20ClFN4O/c1-11-22-23-16-5-2-12(9-24(11)16)17(25)21-10-18(6-7-18)14-4-3-13(20)8-15(14)19/h3-4,8,12H,2,5-7,9-10H2,1H3,(H,21,25). The van der Waals surface area contributed by atoms with Crippen LogP contribution in [0, 0.1) is 18.7 Å². The molecule has 132 valence electrons. The number of carbonyl (C=O) groups excluding carboxylic acids is 1. The van der Waals surface area contributed by atoms with Crippen LogP contribution in [0.15, 0.2) is 18.2 Å². The van der Waals surface area contributed by atoms with Crippen LogP contribution in [-0.2, 0) is 23.2 Å². The Balaban J connectivity index is 1.42. The maximum atomic E-state index is 13.3. The Bertz CT molecular complexity index is 830. The Labute approximate surface area is 150 Å². The third-order valence-electron chi connectivity index (χ3n) is 5.46. The van der Waals surface area contributed by atoms with Crippen LogP contribution in [0.4, 0.5) is 4.39 Å². The van der Waals surface area contributed by atoms with E-state index in [1.807, 2.05) is 11.5 Å². The molecule has 1 saturated carbocycles. The van der Waals surface area contributed by atoms with Crippen LogP contribution in [0.3, 0.4) is 0 Å². The SMILES string of the molecule is Cc1nnc2n1CC(C(=O)NCC1(c3ccc(F)cc3Cl)CC1)CC2. The fraction of sp³-hybridized carbons (Fsp3) is 0.500. The van der Waals surface area contributed by atoms with Crippen molar-refractivity contribution >= 4 is 17.5 Å². The molecule has 2 aromatic rings. The van der Waals surface area contributed by atoms with E-state index in [9.17, 15) is 9.18 Å². The number of rotatable bonds is 4. The summed E-state index contributed by atoms with van der Waals surface area (Å²) in [6, 6.07) is 4.51. The molecule has 1 unspecified atom stereocenters. The lowest BCUT2D eigenvalue weighted by atomic mass is 9.94. The highest BCUT2D eigenvalue weighted by Crippen LogP contribution is 2.50. The lowest BCUT2D eigenvalue weighted by molar-refractivity contribution is -0.126. The monoisotopic (exact) mass is 362 g/mol. The summed E-state index contributed by atoms with van der Waals surface area (Å²) < 4.78 is 15.3. The molecule has 1 amide bonds. The lowest BCUT2D eigenvalue weighted by Crippen LogP contribution is -2.40. The van der Waals surface area contributed by atoms with Crippen LogP contribution in [0.5, 0.6) is 0 Å². The van der Waals surface area contributed by atoms with Crippen molar-refractivity contribution in [3.8, 4) is 0 Å². The molecular formula is C18H20ClFN4O. The van der Waals surface area contributed by atoms with Crippen LogP contribution >= 0.6 is 11.6 Å². The van der Waals surface area contributed by atoms with E-state index >= 15 is 0 Å². The molecule has 1 atom stereocenters. The minimum Gasteiger partial charge on any atom is -0.355 e. The van der Waals surface area contributed by atoms with E-state index in [1.165, 1.54) is 12.1 Å². The van der Waals surface area contributed by atoms with Crippen molar-refractivity contribution < 1.29 is 9.18 Å². The number of aromatic nitrogens is 3. The number of benzene rings is 1. The molecule has 25 heavy (non-hydrogen) atoms. The number of nitrogens with zero attached hydrogens (tertiary/aromatic N) is 3. The highest BCUT2D eigenvalue weighted by molar-refractivity contribution is 6.31. The highest BCUT2D eigenvalue weighted by atomic mass is 35.5. The summed E-state index contributed by atoms with van der Waals surface area (Å²) in [5, 5.41) is 11.7. The van der Waals surface area contributed by atoms with E-state index in [2.05, 4.69) is 15.5 Å². The van der Waals surface area contributed by atoms with E-state index in [0.29, 0.717) is 18.1 Å². The maximum absolute atomic E-state index is 13.3. The van der Waals surface area contributed by atoms with Crippen molar-refractivity contribution in [1.82, 2.24) is 20.1 Å². The molecule has 1 fully saturated rings. The van der Waals surface area contributed by atoms with Crippen molar-refractivity contribution in [1.29, 1.82) is 0 Å². The first-order chi connectivity index (χ1) is 12.0. The average Bonchev–Trinajstić information content (AvgIpc) is 3.29. The number of nitrogens with one attached hydrogen (secondary N) is 1. The van der Waals surface area contributed by atoms with Crippen LogP contribution in [-0.4, -0.2) is 27.2 Å². The number of halogens is 2. The van der Waals surface area contributed by atoms with Gasteiger partial charge in [0.2, 0.25) is 5.91 Å². The molecule has 1 aliphatic heterocycles. The summed E-state index contributed by atoms with van der Waals surface area (Å²) in [7, 11) is 0. The van der Waals surface area contributed by atoms with Crippen LogP contribution in [0.25, 0.3) is 0 Å². The van der Waals surface area contributed by atoms with Crippen molar-refractivity contribution in [3.05, 3.63) is 46.3 Å². The number of aryl methyl sites for hydroxylation is 2. The summed E-state index contributed by atoms with van der Waals surface area (Å²) in [6.45, 7) is 3.08. The number of hydrogen-bond donors (Lipinski definition) is 1. The second kappa shape index (κ2) is 6.09. The van der Waals surface area contributed by atoms with Crippen molar-refractivity contribution in [2.24, 2.45) is 5.92 Å². The van der Waals surface area contributed by atoms with Gasteiger partial charge in [0.15, 0.2) is 0 Å². The average molecular weight is 363 g/mol. The number of carbonyl (C=O) groups is 1. The third-order valence-corrected chi connectivity index (χ3v) is 5.77.